The molecule has 0 saturated heterocycles. The Hall–Kier alpha value is -3.02. The van der Waals surface area contributed by atoms with E-state index in [0.29, 0.717) is 32.7 Å². The molecule has 1 aromatic heterocycles. The molecule has 0 aliphatic heterocycles. The Morgan fingerprint density at radius 2 is 1.75 bits per heavy atom. The Kier molecular flexibility index (Phi) is 4.94. The van der Waals surface area contributed by atoms with Crippen LogP contribution in [-0.4, -0.2) is 21.0 Å². The van der Waals surface area contributed by atoms with Gasteiger partial charge >= 0.3 is 5.97 Å². The first-order valence-electron chi connectivity index (χ1n) is 8.40. The highest BCUT2D eigenvalue weighted by Gasteiger charge is 2.10. The van der Waals surface area contributed by atoms with E-state index in [2.05, 4.69) is 9.97 Å². The molecule has 0 fully saturated rings. The number of ether oxygens (including phenoxy) is 1. The molecule has 0 aliphatic rings. The number of benzene rings is 3. The van der Waals surface area contributed by atoms with Crippen LogP contribution in [0.3, 0.4) is 0 Å². The molecular weight excluding hydrogens is 399 g/mol. The molecule has 4 aromatic rings. The zero-order valence-corrected chi connectivity index (χ0v) is 16.0. The van der Waals surface area contributed by atoms with Gasteiger partial charge in [0.05, 0.1) is 16.6 Å². The van der Waals surface area contributed by atoms with Gasteiger partial charge in [-0.3, -0.25) is 0 Å². The third-order valence-corrected chi connectivity index (χ3v) is 5.01. The zero-order chi connectivity index (χ0) is 19.7. The van der Waals surface area contributed by atoms with Crippen molar-refractivity contribution in [3.8, 4) is 17.1 Å². The molecule has 3 aromatic carbocycles. The van der Waals surface area contributed by atoms with Crippen LogP contribution in [0.2, 0.25) is 10.0 Å². The Morgan fingerprint density at radius 3 is 2.43 bits per heavy atom. The second-order valence-corrected chi connectivity index (χ2v) is 6.95. The van der Waals surface area contributed by atoms with Crippen molar-refractivity contribution in [1.82, 2.24) is 9.97 Å². The number of carboxylic acids is 1. The fourth-order valence-corrected chi connectivity index (χ4v) is 3.32. The fourth-order valence-electron chi connectivity index (χ4n) is 2.81. The number of imidazole rings is 1. The molecule has 0 aliphatic carbocycles. The highest BCUT2D eigenvalue weighted by atomic mass is 35.5. The van der Waals surface area contributed by atoms with Gasteiger partial charge in [0.15, 0.2) is 0 Å². The normalized spacial score (nSPS) is 10.9. The molecule has 28 heavy (non-hydrogen) atoms. The summed E-state index contributed by atoms with van der Waals surface area (Å²) < 4.78 is 5.78. The van der Waals surface area contributed by atoms with Gasteiger partial charge in [-0.05, 0) is 54.6 Å². The SMILES string of the molecule is O=C(O)c1ccc2nc(-c3ccc(OCc4c(Cl)cccc4Cl)cc3)[nH]c2c1. The number of nitrogens with zero attached hydrogens (tertiary/aromatic N) is 1. The number of aromatic carboxylic acids is 1. The standard InChI is InChI=1S/C21H14Cl2N2O3/c22-16-2-1-3-17(23)15(16)11-28-14-7-4-12(5-8-14)20-24-18-9-6-13(21(26)27)10-19(18)25-20/h1-10H,11H2,(H,24,25)(H,26,27). The molecule has 2 N–H and O–H groups in total. The van der Waals surface area contributed by atoms with E-state index in [4.69, 9.17) is 33.0 Å². The minimum absolute atomic E-state index is 0.213. The lowest BCUT2D eigenvalue weighted by atomic mass is 10.2. The van der Waals surface area contributed by atoms with Crippen LogP contribution in [0.15, 0.2) is 60.7 Å². The molecule has 1 heterocycles. The second kappa shape index (κ2) is 7.54. The average Bonchev–Trinajstić information content (AvgIpc) is 3.11. The third-order valence-electron chi connectivity index (χ3n) is 4.30. The Bertz CT molecular complexity index is 1150. The number of H-pyrrole nitrogens is 1. The summed E-state index contributed by atoms with van der Waals surface area (Å²) in [6.07, 6.45) is 0. The van der Waals surface area contributed by atoms with Crippen LogP contribution in [0.4, 0.5) is 0 Å². The Labute approximate surface area is 170 Å². The number of halogens is 2. The molecule has 0 amide bonds. The summed E-state index contributed by atoms with van der Waals surface area (Å²) in [7, 11) is 0. The van der Waals surface area contributed by atoms with Crippen LogP contribution in [0, 0.1) is 0 Å². The predicted octanol–water partition coefficient (Wildman–Crippen LogP) is 5.81. The summed E-state index contributed by atoms with van der Waals surface area (Å²) >= 11 is 12.3. The third kappa shape index (κ3) is 3.67. The predicted molar refractivity (Wildman–Crippen MR) is 109 cm³/mol. The number of carbonyl (C=O) groups is 1. The molecule has 140 valence electrons. The number of nitrogens with one attached hydrogen (secondary N) is 1. The number of rotatable bonds is 5. The highest BCUT2D eigenvalue weighted by molar-refractivity contribution is 6.35. The number of aromatic nitrogens is 2. The van der Waals surface area contributed by atoms with Gasteiger partial charge in [0.2, 0.25) is 0 Å². The largest absolute Gasteiger partial charge is 0.489 e. The quantitative estimate of drug-likeness (QED) is 0.433. The van der Waals surface area contributed by atoms with Gasteiger partial charge in [0.25, 0.3) is 0 Å². The van der Waals surface area contributed by atoms with E-state index in [1.54, 1.807) is 30.3 Å². The summed E-state index contributed by atoms with van der Waals surface area (Å²) in [4.78, 5) is 18.8. The maximum atomic E-state index is 11.1. The topological polar surface area (TPSA) is 75.2 Å². The lowest BCUT2D eigenvalue weighted by Crippen LogP contribution is -1.97. The van der Waals surface area contributed by atoms with Crippen molar-refractivity contribution in [1.29, 1.82) is 0 Å². The maximum absolute atomic E-state index is 11.1. The van der Waals surface area contributed by atoms with Crippen LogP contribution >= 0.6 is 23.2 Å². The van der Waals surface area contributed by atoms with E-state index in [1.807, 2.05) is 24.3 Å². The van der Waals surface area contributed by atoms with Crippen LogP contribution in [-0.2, 0) is 6.61 Å². The molecule has 0 atom stereocenters. The van der Waals surface area contributed by atoms with E-state index in [1.165, 1.54) is 6.07 Å². The second-order valence-electron chi connectivity index (χ2n) is 6.14. The van der Waals surface area contributed by atoms with E-state index in [-0.39, 0.29) is 12.2 Å². The molecular formula is C21H14Cl2N2O3. The van der Waals surface area contributed by atoms with Gasteiger partial charge in [0, 0.05) is 21.2 Å². The Balaban J connectivity index is 1.53. The lowest BCUT2D eigenvalue weighted by molar-refractivity contribution is 0.0697. The number of aromatic amines is 1. The number of fused-ring (bicyclic) bond motifs is 1. The van der Waals surface area contributed by atoms with Crippen molar-refractivity contribution < 1.29 is 14.6 Å². The first kappa shape index (κ1) is 18.3. The minimum Gasteiger partial charge on any atom is -0.489 e. The first-order chi connectivity index (χ1) is 13.5. The first-order valence-corrected chi connectivity index (χ1v) is 9.16. The fraction of sp³-hybridized carbons (Fsp3) is 0.0476. The van der Waals surface area contributed by atoms with E-state index in [9.17, 15) is 4.79 Å². The van der Waals surface area contributed by atoms with Crippen LogP contribution in [0.1, 0.15) is 15.9 Å². The maximum Gasteiger partial charge on any atom is 0.335 e. The van der Waals surface area contributed by atoms with Gasteiger partial charge in [-0.1, -0.05) is 29.3 Å². The minimum atomic E-state index is -0.974. The van der Waals surface area contributed by atoms with E-state index < -0.39 is 5.97 Å². The molecule has 0 saturated carbocycles. The van der Waals surface area contributed by atoms with E-state index >= 15 is 0 Å². The molecule has 0 unspecified atom stereocenters. The number of carboxylic acid groups (broad SMARTS) is 1. The average molecular weight is 413 g/mol. The van der Waals surface area contributed by atoms with Gasteiger partial charge in [0.1, 0.15) is 18.2 Å². The van der Waals surface area contributed by atoms with Gasteiger partial charge in [-0.15, -0.1) is 0 Å². The summed E-state index contributed by atoms with van der Waals surface area (Å²) in [5.74, 6) is 0.348. The van der Waals surface area contributed by atoms with Crippen molar-refractivity contribution in [3.63, 3.8) is 0 Å². The summed E-state index contributed by atoms with van der Waals surface area (Å²) in [6, 6.07) is 17.5. The van der Waals surface area contributed by atoms with Crippen LogP contribution in [0.5, 0.6) is 5.75 Å². The molecule has 0 radical (unpaired) electrons. The van der Waals surface area contributed by atoms with Gasteiger partial charge < -0.3 is 14.8 Å². The molecule has 4 rings (SSSR count). The zero-order valence-electron chi connectivity index (χ0n) is 14.4. The van der Waals surface area contributed by atoms with Crippen LogP contribution in [0.25, 0.3) is 22.4 Å². The van der Waals surface area contributed by atoms with Crippen molar-refractivity contribution in [3.05, 3.63) is 81.8 Å². The number of hydrogen-bond donors (Lipinski definition) is 2. The molecule has 5 nitrogen and oxygen atoms in total. The highest BCUT2D eigenvalue weighted by Crippen LogP contribution is 2.27. The summed E-state index contributed by atoms with van der Waals surface area (Å²) in [5, 5.41) is 10.2. The van der Waals surface area contributed by atoms with Crippen molar-refractivity contribution in [2.75, 3.05) is 0 Å². The lowest BCUT2D eigenvalue weighted by Gasteiger charge is -2.09. The monoisotopic (exact) mass is 412 g/mol. The van der Waals surface area contributed by atoms with Crippen LogP contribution < -0.4 is 4.74 Å². The van der Waals surface area contributed by atoms with Gasteiger partial charge in [-0.25, -0.2) is 9.78 Å². The van der Waals surface area contributed by atoms with Crippen molar-refractivity contribution in [2.24, 2.45) is 0 Å². The van der Waals surface area contributed by atoms with Crippen molar-refractivity contribution in [2.45, 2.75) is 6.61 Å². The van der Waals surface area contributed by atoms with Gasteiger partial charge in [-0.2, -0.15) is 0 Å². The summed E-state index contributed by atoms with van der Waals surface area (Å²) in [5.41, 5.74) is 3.18. The molecule has 7 heteroatoms. The van der Waals surface area contributed by atoms with E-state index in [0.717, 1.165) is 11.1 Å². The number of hydrogen-bond acceptors (Lipinski definition) is 3. The Morgan fingerprint density at radius 1 is 1.04 bits per heavy atom. The molecule has 0 spiro atoms. The van der Waals surface area contributed by atoms with Crippen molar-refractivity contribution >= 4 is 40.2 Å². The summed E-state index contributed by atoms with van der Waals surface area (Å²) in [6.45, 7) is 0.264. The smallest absolute Gasteiger partial charge is 0.335 e. The molecule has 0 bridgehead atoms.